The van der Waals surface area contributed by atoms with Gasteiger partial charge in [-0.2, -0.15) is 0 Å². The highest BCUT2D eigenvalue weighted by Gasteiger charge is 2.52. The van der Waals surface area contributed by atoms with Gasteiger partial charge in [0.25, 0.3) is 11.8 Å². The molecule has 0 radical (unpaired) electrons. The maximum atomic E-state index is 12.7. The van der Waals surface area contributed by atoms with E-state index < -0.39 is 53.9 Å². The number of Topliss-reactive ketones (excluding diaryl/α,β-unsaturated/α-hetero) is 1. The van der Waals surface area contributed by atoms with E-state index in [2.05, 4.69) is 5.32 Å². The van der Waals surface area contributed by atoms with Crippen molar-refractivity contribution in [2.45, 2.75) is 32.7 Å². The number of carbonyl (C=O) groups is 6. The highest BCUT2D eigenvalue weighted by atomic mass is 16.6. The van der Waals surface area contributed by atoms with Crippen molar-refractivity contribution in [3.05, 3.63) is 35.4 Å². The molecule has 1 N–H and O–H groups in total. The number of ether oxygens (including phenoxy) is 2. The monoisotopic (exact) mass is 418 g/mol. The fourth-order valence-corrected chi connectivity index (χ4v) is 3.09. The van der Waals surface area contributed by atoms with Crippen LogP contribution in [0.15, 0.2) is 24.3 Å². The van der Waals surface area contributed by atoms with E-state index >= 15 is 0 Å². The van der Waals surface area contributed by atoms with Crippen molar-refractivity contribution in [1.82, 2.24) is 10.2 Å². The summed E-state index contributed by atoms with van der Waals surface area (Å²) < 4.78 is 9.77. The molecular formula is C20H22N2O8. The Bertz CT molecular complexity index is 855. The minimum atomic E-state index is -2.42. The average molecular weight is 418 g/mol. The molecule has 0 atom stereocenters. The van der Waals surface area contributed by atoms with Crippen LogP contribution in [0.1, 0.15) is 47.9 Å². The van der Waals surface area contributed by atoms with E-state index in [-0.39, 0.29) is 24.3 Å². The van der Waals surface area contributed by atoms with Crippen LogP contribution in [-0.4, -0.2) is 65.6 Å². The van der Waals surface area contributed by atoms with Gasteiger partial charge in [-0.05, 0) is 26.0 Å². The molecule has 0 aromatic heterocycles. The summed E-state index contributed by atoms with van der Waals surface area (Å²) in [5, 5.41) is 2.16. The highest BCUT2D eigenvalue weighted by Crippen LogP contribution is 2.24. The summed E-state index contributed by atoms with van der Waals surface area (Å²) in [4.78, 5) is 75.2. The lowest BCUT2D eigenvalue weighted by molar-refractivity contribution is -0.169. The second kappa shape index (κ2) is 9.29. The molecule has 1 aliphatic heterocycles. The number of hydrogen-bond acceptors (Lipinski definition) is 8. The Morgan fingerprint density at radius 3 is 1.80 bits per heavy atom. The normalized spacial score (nSPS) is 13.0. The van der Waals surface area contributed by atoms with Gasteiger partial charge in [-0.25, -0.2) is 9.59 Å². The number of carbonyl (C=O) groups excluding carboxylic acids is 6. The zero-order valence-electron chi connectivity index (χ0n) is 16.9. The molecule has 0 bridgehead atoms. The number of fused-ring (bicyclic) bond motifs is 1. The Morgan fingerprint density at radius 1 is 0.933 bits per heavy atom. The maximum Gasteiger partial charge on any atom is 0.344 e. The van der Waals surface area contributed by atoms with E-state index in [1.54, 1.807) is 12.1 Å². The van der Waals surface area contributed by atoms with E-state index in [1.165, 1.54) is 26.0 Å². The number of nitrogens with zero attached hydrogens (tertiary/aromatic N) is 1. The molecule has 0 saturated heterocycles. The molecule has 1 aliphatic rings. The SMILES string of the molecule is CCOC(=O)C(CC(=O)CN1C(=O)c2ccccc2C1=O)(NC(C)=O)C(=O)OCC. The summed E-state index contributed by atoms with van der Waals surface area (Å²) in [6.45, 7) is 3.11. The predicted molar refractivity (Wildman–Crippen MR) is 101 cm³/mol. The Hall–Kier alpha value is -3.56. The molecule has 0 saturated carbocycles. The first-order chi connectivity index (χ1) is 14.2. The van der Waals surface area contributed by atoms with Crippen molar-refractivity contribution in [3.63, 3.8) is 0 Å². The zero-order chi connectivity index (χ0) is 22.5. The van der Waals surface area contributed by atoms with E-state index in [0.717, 1.165) is 11.8 Å². The van der Waals surface area contributed by atoms with Gasteiger partial charge in [0.1, 0.15) is 0 Å². The van der Waals surface area contributed by atoms with Crippen LogP contribution in [0.3, 0.4) is 0 Å². The van der Waals surface area contributed by atoms with Crippen LogP contribution < -0.4 is 5.32 Å². The maximum absolute atomic E-state index is 12.7. The Kier molecular flexibility index (Phi) is 7.04. The fraction of sp³-hybridized carbons (Fsp3) is 0.400. The van der Waals surface area contributed by atoms with Crippen molar-refractivity contribution >= 4 is 35.4 Å². The molecule has 2 rings (SSSR count). The molecule has 0 aliphatic carbocycles. The van der Waals surface area contributed by atoms with Crippen molar-refractivity contribution < 1.29 is 38.2 Å². The Labute approximate surface area is 172 Å². The van der Waals surface area contributed by atoms with Gasteiger partial charge >= 0.3 is 11.9 Å². The van der Waals surface area contributed by atoms with Crippen LogP contribution in [0, 0.1) is 0 Å². The van der Waals surface area contributed by atoms with Gasteiger partial charge < -0.3 is 14.8 Å². The molecule has 30 heavy (non-hydrogen) atoms. The summed E-state index contributed by atoms with van der Waals surface area (Å²) in [6, 6.07) is 6.08. The first-order valence-electron chi connectivity index (χ1n) is 9.28. The minimum Gasteiger partial charge on any atom is -0.464 e. The second-order valence-electron chi connectivity index (χ2n) is 6.48. The zero-order valence-corrected chi connectivity index (χ0v) is 16.9. The lowest BCUT2D eigenvalue weighted by Crippen LogP contribution is -2.62. The second-order valence-corrected chi connectivity index (χ2v) is 6.48. The molecule has 0 fully saturated rings. The molecule has 1 heterocycles. The van der Waals surface area contributed by atoms with Gasteiger partial charge in [-0.3, -0.25) is 24.1 Å². The molecule has 160 valence electrons. The van der Waals surface area contributed by atoms with Gasteiger partial charge in [0, 0.05) is 6.92 Å². The highest BCUT2D eigenvalue weighted by molar-refractivity contribution is 6.22. The summed E-state index contributed by atoms with van der Waals surface area (Å²) >= 11 is 0. The third kappa shape index (κ3) is 4.37. The standard InChI is InChI=1S/C20H22N2O8/c1-4-29-18(27)20(21-12(3)23,19(28)30-5-2)10-13(24)11-22-16(25)14-8-6-7-9-15(14)17(22)26/h6-9H,4-5,10-11H2,1-3H3,(H,21,23). The minimum absolute atomic E-state index is 0.119. The van der Waals surface area contributed by atoms with Crippen molar-refractivity contribution in [2.24, 2.45) is 0 Å². The molecule has 3 amide bonds. The largest absolute Gasteiger partial charge is 0.464 e. The molecule has 10 nitrogen and oxygen atoms in total. The first kappa shape index (κ1) is 22.7. The quantitative estimate of drug-likeness (QED) is 0.342. The predicted octanol–water partition coefficient (Wildman–Crippen LogP) is 0.243. The average Bonchev–Trinajstić information content (AvgIpc) is 2.92. The van der Waals surface area contributed by atoms with E-state index in [4.69, 9.17) is 9.47 Å². The van der Waals surface area contributed by atoms with Crippen LogP contribution in [-0.2, 0) is 28.7 Å². The van der Waals surface area contributed by atoms with Crippen LogP contribution in [0.5, 0.6) is 0 Å². The summed E-state index contributed by atoms with van der Waals surface area (Å²) in [7, 11) is 0. The summed E-state index contributed by atoms with van der Waals surface area (Å²) in [5.74, 6) is -5.27. The first-order valence-corrected chi connectivity index (χ1v) is 9.28. The Morgan fingerprint density at radius 2 is 1.40 bits per heavy atom. The molecule has 0 spiro atoms. The van der Waals surface area contributed by atoms with E-state index in [9.17, 15) is 28.8 Å². The number of amides is 3. The number of rotatable bonds is 9. The topological polar surface area (TPSA) is 136 Å². The van der Waals surface area contributed by atoms with E-state index in [1.807, 2.05) is 0 Å². The third-order valence-electron chi connectivity index (χ3n) is 4.31. The molecular weight excluding hydrogens is 396 g/mol. The van der Waals surface area contributed by atoms with Crippen LogP contribution in [0.25, 0.3) is 0 Å². The molecule has 0 unspecified atom stereocenters. The van der Waals surface area contributed by atoms with Gasteiger partial charge in [0.05, 0.1) is 37.3 Å². The number of esters is 2. The summed E-state index contributed by atoms with van der Waals surface area (Å²) in [5.41, 5.74) is -2.12. The van der Waals surface area contributed by atoms with E-state index in [0.29, 0.717) is 0 Å². The van der Waals surface area contributed by atoms with Crippen LogP contribution in [0.2, 0.25) is 0 Å². The number of ketones is 1. The van der Waals surface area contributed by atoms with Gasteiger partial charge in [-0.1, -0.05) is 12.1 Å². The smallest absolute Gasteiger partial charge is 0.344 e. The number of nitrogens with one attached hydrogen (secondary N) is 1. The van der Waals surface area contributed by atoms with Crippen molar-refractivity contribution in [3.8, 4) is 0 Å². The number of imide groups is 1. The summed E-state index contributed by atoms with van der Waals surface area (Å²) in [6.07, 6.45) is -0.850. The van der Waals surface area contributed by atoms with Gasteiger partial charge in [0.2, 0.25) is 11.4 Å². The number of benzene rings is 1. The van der Waals surface area contributed by atoms with Gasteiger partial charge in [-0.15, -0.1) is 0 Å². The van der Waals surface area contributed by atoms with Crippen molar-refractivity contribution in [1.29, 1.82) is 0 Å². The molecule has 10 heteroatoms. The lowest BCUT2D eigenvalue weighted by Gasteiger charge is -2.29. The van der Waals surface area contributed by atoms with Crippen molar-refractivity contribution in [2.75, 3.05) is 19.8 Å². The van der Waals surface area contributed by atoms with Gasteiger partial charge in [0.15, 0.2) is 5.78 Å². The Balaban J connectivity index is 2.31. The molecule has 1 aromatic carbocycles. The lowest BCUT2D eigenvalue weighted by atomic mass is 9.92. The fourth-order valence-electron chi connectivity index (χ4n) is 3.09. The number of hydrogen-bond donors (Lipinski definition) is 1. The third-order valence-corrected chi connectivity index (χ3v) is 4.31. The molecule has 1 aromatic rings. The van der Waals surface area contributed by atoms with Crippen LogP contribution in [0.4, 0.5) is 0 Å². The van der Waals surface area contributed by atoms with Crippen LogP contribution >= 0.6 is 0 Å².